The molecule has 2 aliphatic heterocycles. The van der Waals surface area contributed by atoms with Crippen molar-refractivity contribution in [2.24, 2.45) is 10.4 Å². The number of fused-ring (bicyclic) bond motifs is 1. The Balaban J connectivity index is 1.15. The van der Waals surface area contributed by atoms with Gasteiger partial charge >= 0.3 is 0 Å². The lowest BCUT2D eigenvalue weighted by molar-refractivity contribution is 0.0652. The van der Waals surface area contributed by atoms with Crippen LogP contribution >= 0.6 is 0 Å². The summed E-state index contributed by atoms with van der Waals surface area (Å²) in [6, 6.07) is 9.63. The number of aromatic nitrogens is 3. The van der Waals surface area contributed by atoms with Crippen LogP contribution in [0.4, 0.5) is 14.5 Å². The molecule has 2 aromatic heterocycles. The van der Waals surface area contributed by atoms with Gasteiger partial charge in [0, 0.05) is 53.6 Å². The Bertz CT molecular complexity index is 1600. The van der Waals surface area contributed by atoms with E-state index in [4.69, 9.17) is 9.47 Å². The topological polar surface area (TPSA) is 105 Å². The van der Waals surface area contributed by atoms with Crippen molar-refractivity contribution in [3.63, 3.8) is 0 Å². The van der Waals surface area contributed by atoms with Crippen molar-refractivity contribution in [1.82, 2.24) is 19.9 Å². The fraction of sp³-hybridized carbons (Fsp3) is 0.286. The number of aromatic amines is 1. The summed E-state index contributed by atoms with van der Waals surface area (Å²) in [6.45, 7) is 2.73. The number of benzene rings is 2. The number of ether oxygens (including phenoxy) is 2. The third kappa shape index (κ3) is 4.33. The molecule has 0 bridgehead atoms. The maximum absolute atomic E-state index is 15.1. The number of carbonyl (C=O) groups excluding carboxylic acids is 1. The molecule has 11 heteroatoms. The Morgan fingerprint density at radius 1 is 1.10 bits per heavy atom. The minimum Gasteiger partial charge on any atom is -0.464 e. The SMILES string of the molecule is O=C(c1ccc(-c2c[nH]c3ncnc(Oc4c(F)cc(NC5=NCC6(CC6)CO5)cc4F)c23)cc1)N1CCC1. The summed E-state index contributed by atoms with van der Waals surface area (Å²) in [4.78, 5) is 30.1. The van der Waals surface area contributed by atoms with Crippen molar-refractivity contribution >= 4 is 28.6 Å². The van der Waals surface area contributed by atoms with Crippen molar-refractivity contribution in [3.8, 4) is 22.8 Å². The molecular formula is C28H24F2N6O3. The standard InChI is InChI=1S/C28H24F2N6O3/c29-20-10-18(35-27-32-13-28(6-7-28)14-38-27)11-21(30)23(20)39-25-22-19(12-31-24(22)33-15-34-25)16-2-4-17(5-3-16)26(37)36-8-1-9-36/h2-5,10-12,15H,1,6-9,13-14H2,(H,32,35)(H,31,33,34). The summed E-state index contributed by atoms with van der Waals surface area (Å²) in [5.41, 5.74) is 2.78. The molecule has 1 saturated heterocycles. The van der Waals surface area contributed by atoms with E-state index in [1.165, 1.54) is 6.33 Å². The Labute approximate surface area is 221 Å². The minimum absolute atomic E-state index is 0.00285. The highest BCUT2D eigenvalue weighted by atomic mass is 19.1. The van der Waals surface area contributed by atoms with Crippen LogP contribution in [-0.2, 0) is 4.74 Å². The molecule has 1 saturated carbocycles. The van der Waals surface area contributed by atoms with E-state index in [1.807, 2.05) is 12.1 Å². The van der Waals surface area contributed by atoms with E-state index in [1.54, 1.807) is 23.2 Å². The van der Waals surface area contributed by atoms with Crippen molar-refractivity contribution < 1.29 is 23.0 Å². The fourth-order valence-electron chi connectivity index (χ4n) is 4.79. The van der Waals surface area contributed by atoms with E-state index in [0.29, 0.717) is 35.3 Å². The van der Waals surface area contributed by atoms with Gasteiger partial charge in [-0.2, -0.15) is 0 Å². The van der Waals surface area contributed by atoms with Crippen LogP contribution in [0.2, 0.25) is 0 Å². The number of rotatable bonds is 5. The second-order valence-corrected chi connectivity index (χ2v) is 10.2. The van der Waals surface area contributed by atoms with Crippen molar-refractivity contribution in [1.29, 1.82) is 0 Å². The monoisotopic (exact) mass is 530 g/mol. The highest BCUT2D eigenvalue weighted by Crippen LogP contribution is 2.47. The lowest BCUT2D eigenvalue weighted by atomic mass is 10.0. The van der Waals surface area contributed by atoms with Crippen molar-refractivity contribution in [2.75, 3.05) is 31.6 Å². The van der Waals surface area contributed by atoms with Crippen LogP contribution in [-0.4, -0.2) is 58.0 Å². The largest absolute Gasteiger partial charge is 0.464 e. The zero-order valence-electron chi connectivity index (χ0n) is 20.8. The van der Waals surface area contributed by atoms with E-state index in [2.05, 4.69) is 25.3 Å². The third-order valence-electron chi connectivity index (χ3n) is 7.50. The summed E-state index contributed by atoms with van der Waals surface area (Å²) >= 11 is 0. The number of halogens is 2. The number of hydrogen-bond donors (Lipinski definition) is 2. The summed E-state index contributed by atoms with van der Waals surface area (Å²) in [5, 5.41) is 3.29. The molecule has 3 aliphatic rings. The lowest BCUT2D eigenvalue weighted by Gasteiger charge is -2.30. The number of H-pyrrole nitrogens is 1. The van der Waals surface area contributed by atoms with E-state index in [9.17, 15) is 4.79 Å². The average molecular weight is 531 g/mol. The molecule has 198 valence electrons. The van der Waals surface area contributed by atoms with Crippen molar-refractivity contribution in [2.45, 2.75) is 19.3 Å². The maximum Gasteiger partial charge on any atom is 0.289 e. The predicted octanol–water partition coefficient (Wildman–Crippen LogP) is 5.12. The van der Waals surface area contributed by atoms with Gasteiger partial charge in [0.1, 0.15) is 12.0 Å². The predicted molar refractivity (Wildman–Crippen MR) is 140 cm³/mol. The first kappa shape index (κ1) is 23.6. The molecule has 1 amide bonds. The smallest absolute Gasteiger partial charge is 0.289 e. The molecule has 2 aromatic carbocycles. The second kappa shape index (κ2) is 9.04. The van der Waals surface area contributed by atoms with Gasteiger partial charge in [-0.1, -0.05) is 12.1 Å². The van der Waals surface area contributed by atoms with Crippen molar-refractivity contribution in [3.05, 3.63) is 66.1 Å². The summed E-state index contributed by atoms with van der Waals surface area (Å²) in [5.74, 6) is -2.43. The van der Waals surface area contributed by atoms with E-state index in [0.717, 1.165) is 50.0 Å². The van der Waals surface area contributed by atoms with Gasteiger partial charge in [-0.3, -0.25) is 4.79 Å². The Kier molecular flexibility index (Phi) is 5.46. The number of amidine groups is 1. The van der Waals surface area contributed by atoms with Gasteiger partial charge in [-0.25, -0.2) is 23.7 Å². The highest BCUT2D eigenvalue weighted by Gasteiger charge is 2.45. The molecule has 4 aromatic rings. The van der Waals surface area contributed by atoms with E-state index >= 15 is 8.78 Å². The zero-order valence-corrected chi connectivity index (χ0v) is 20.8. The van der Waals surface area contributed by atoms with Crippen LogP contribution in [0.3, 0.4) is 0 Å². The molecule has 7 rings (SSSR count). The molecule has 1 aliphatic carbocycles. The molecule has 4 heterocycles. The number of likely N-dealkylation sites (tertiary alicyclic amines) is 1. The Morgan fingerprint density at radius 3 is 2.51 bits per heavy atom. The first-order valence-corrected chi connectivity index (χ1v) is 12.8. The fourth-order valence-corrected chi connectivity index (χ4v) is 4.79. The van der Waals surface area contributed by atoms with Gasteiger partial charge < -0.3 is 24.7 Å². The van der Waals surface area contributed by atoms with Crippen LogP contribution in [0.1, 0.15) is 29.6 Å². The van der Waals surface area contributed by atoms with Gasteiger partial charge in [-0.05, 0) is 37.0 Å². The van der Waals surface area contributed by atoms with Crippen LogP contribution < -0.4 is 10.1 Å². The van der Waals surface area contributed by atoms with Crippen LogP contribution in [0.5, 0.6) is 11.6 Å². The average Bonchev–Trinajstić information content (AvgIpc) is 3.52. The quantitative estimate of drug-likeness (QED) is 0.371. The second-order valence-electron chi connectivity index (χ2n) is 10.2. The van der Waals surface area contributed by atoms with Crippen LogP contribution in [0.15, 0.2) is 53.9 Å². The van der Waals surface area contributed by atoms with Gasteiger partial charge in [0.05, 0.1) is 18.5 Å². The summed E-state index contributed by atoms with van der Waals surface area (Å²) < 4.78 is 41.5. The molecule has 0 unspecified atom stereocenters. The lowest BCUT2D eigenvalue weighted by Crippen LogP contribution is -2.41. The summed E-state index contributed by atoms with van der Waals surface area (Å²) in [6.07, 6.45) is 6.16. The molecule has 2 N–H and O–H groups in total. The maximum atomic E-state index is 15.1. The molecule has 39 heavy (non-hydrogen) atoms. The zero-order chi connectivity index (χ0) is 26.6. The number of amides is 1. The van der Waals surface area contributed by atoms with Crippen LogP contribution in [0, 0.1) is 17.0 Å². The molecular weight excluding hydrogens is 506 g/mol. The number of nitrogens with one attached hydrogen (secondary N) is 2. The molecule has 9 nitrogen and oxygen atoms in total. The number of hydrogen-bond acceptors (Lipinski definition) is 7. The van der Waals surface area contributed by atoms with E-state index < -0.39 is 17.4 Å². The van der Waals surface area contributed by atoms with Gasteiger partial charge in [0.15, 0.2) is 11.6 Å². The highest BCUT2D eigenvalue weighted by molar-refractivity contribution is 5.99. The van der Waals surface area contributed by atoms with Crippen LogP contribution in [0.25, 0.3) is 22.2 Å². The minimum atomic E-state index is -0.912. The van der Waals surface area contributed by atoms with Gasteiger partial charge in [0.25, 0.3) is 11.9 Å². The number of anilines is 1. The Morgan fingerprint density at radius 2 is 1.87 bits per heavy atom. The van der Waals surface area contributed by atoms with E-state index in [-0.39, 0.29) is 28.9 Å². The summed E-state index contributed by atoms with van der Waals surface area (Å²) in [7, 11) is 0. The molecule has 1 spiro atoms. The number of nitrogens with zero attached hydrogens (tertiary/aromatic N) is 4. The normalized spacial score (nSPS) is 17.4. The first-order chi connectivity index (χ1) is 19.0. The third-order valence-corrected chi connectivity index (χ3v) is 7.50. The van der Waals surface area contributed by atoms with Gasteiger partial charge in [0.2, 0.25) is 11.6 Å². The molecule has 0 radical (unpaired) electrons. The molecule has 0 atom stereocenters. The Hall–Kier alpha value is -4.54. The number of carbonyl (C=O) groups is 1. The first-order valence-electron chi connectivity index (χ1n) is 12.8. The van der Waals surface area contributed by atoms with Gasteiger partial charge in [-0.15, -0.1) is 0 Å². The molecule has 2 fully saturated rings. The number of aliphatic imine (C=N–C) groups is 1.